The lowest BCUT2D eigenvalue weighted by atomic mass is 9.94. The van der Waals surface area contributed by atoms with Gasteiger partial charge in [0.2, 0.25) is 11.8 Å². The Balaban J connectivity index is 1.32. The van der Waals surface area contributed by atoms with Gasteiger partial charge in [-0.25, -0.2) is 0 Å². The number of carbonyl (C=O) groups excluding carboxylic acids is 2. The molecule has 0 radical (unpaired) electrons. The lowest BCUT2D eigenvalue weighted by Gasteiger charge is -2.34. The first kappa shape index (κ1) is 18.1. The first-order valence-electron chi connectivity index (χ1n) is 10.3. The summed E-state index contributed by atoms with van der Waals surface area (Å²) in [4.78, 5) is 32.8. The van der Waals surface area contributed by atoms with Gasteiger partial charge in [-0.2, -0.15) is 0 Å². The summed E-state index contributed by atoms with van der Waals surface area (Å²) in [5.41, 5.74) is 2.13. The smallest absolute Gasteiger partial charge is 0.227 e. The third kappa shape index (κ3) is 4.02. The minimum absolute atomic E-state index is 0.0974. The number of carbonyl (C=O) groups is 2. The standard InChI is InChI=1S/C22H29N3O2/c26-21(15-18-16-23-20-8-4-3-7-19(18)20)24-13-9-17(10-14-24)22(27)25-11-5-1-2-6-12-25/h3-4,7-8,16-17,23H,1-2,5-6,9-15H2. The molecule has 27 heavy (non-hydrogen) atoms. The van der Waals surface area contributed by atoms with Crippen molar-refractivity contribution < 1.29 is 9.59 Å². The van der Waals surface area contributed by atoms with Gasteiger partial charge in [-0.3, -0.25) is 9.59 Å². The SMILES string of the molecule is O=C(Cc1c[nH]c2ccccc12)N1CCC(C(=O)N2CCCCCC2)CC1. The van der Waals surface area contributed by atoms with E-state index in [9.17, 15) is 9.59 Å². The highest BCUT2D eigenvalue weighted by molar-refractivity contribution is 5.89. The molecular formula is C22H29N3O2. The van der Waals surface area contributed by atoms with Gasteiger partial charge in [0.25, 0.3) is 0 Å². The van der Waals surface area contributed by atoms with E-state index in [2.05, 4.69) is 16.0 Å². The van der Waals surface area contributed by atoms with Crippen molar-refractivity contribution >= 4 is 22.7 Å². The number of piperidine rings is 1. The molecule has 1 aromatic heterocycles. The van der Waals surface area contributed by atoms with Crippen LogP contribution in [-0.4, -0.2) is 52.8 Å². The fourth-order valence-corrected chi connectivity index (χ4v) is 4.48. The molecule has 0 atom stereocenters. The van der Waals surface area contributed by atoms with E-state index in [4.69, 9.17) is 0 Å². The summed E-state index contributed by atoms with van der Waals surface area (Å²) in [5.74, 6) is 0.585. The van der Waals surface area contributed by atoms with Gasteiger partial charge in [0.15, 0.2) is 0 Å². The molecule has 5 heteroatoms. The summed E-state index contributed by atoms with van der Waals surface area (Å²) in [6.07, 6.45) is 8.72. The van der Waals surface area contributed by atoms with Gasteiger partial charge in [0.05, 0.1) is 6.42 Å². The Morgan fingerprint density at radius 3 is 2.37 bits per heavy atom. The maximum absolute atomic E-state index is 12.8. The van der Waals surface area contributed by atoms with Gasteiger partial charge < -0.3 is 14.8 Å². The minimum Gasteiger partial charge on any atom is -0.361 e. The van der Waals surface area contributed by atoms with E-state index >= 15 is 0 Å². The van der Waals surface area contributed by atoms with E-state index < -0.39 is 0 Å². The average molecular weight is 367 g/mol. The van der Waals surface area contributed by atoms with Crippen molar-refractivity contribution in [2.75, 3.05) is 26.2 Å². The largest absolute Gasteiger partial charge is 0.361 e. The van der Waals surface area contributed by atoms with Crippen LogP contribution in [-0.2, 0) is 16.0 Å². The third-order valence-corrected chi connectivity index (χ3v) is 6.13. The number of nitrogens with zero attached hydrogens (tertiary/aromatic N) is 2. The lowest BCUT2D eigenvalue weighted by Crippen LogP contribution is -2.45. The number of hydrogen-bond donors (Lipinski definition) is 1. The van der Waals surface area contributed by atoms with Crippen molar-refractivity contribution in [3.8, 4) is 0 Å². The van der Waals surface area contributed by atoms with E-state index in [-0.39, 0.29) is 11.8 Å². The van der Waals surface area contributed by atoms with Crippen molar-refractivity contribution in [1.82, 2.24) is 14.8 Å². The zero-order valence-corrected chi connectivity index (χ0v) is 16.0. The normalized spacial score (nSPS) is 19.3. The quantitative estimate of drug-likeness (QED) is 0.904. The molecule has 2 amide bonds. The summed E-state index contributed by atoms with van der Waals surface area (Å²) in [7, 11) is 0. The van der Waals surface area contributed by atoms with Crippen LogP contribution in [0.3, 0.4) is 0 Å². The summed E-state index contributed by atoms with van der Waals surface area (Å²) < 4.78 is 0. The zero-order chi connectivity index (χ0) is 18.6. The zero-order valence-electron chi connectivity index (χ0n) is 16.0. The molecule has 1 aromatic carbocycles. The highest BCUT2D eigenvalue weighted by Crippen LogP contribution is 2.24. The fourth-order valence-electron chi connectivity index (χ4n) is 4.48. The predicted molar refractivity (Wildman–Crippen MR) is 106 cm³/mol. The van der Waals surface area contributed by atoms with Crippen LogP contribution in [0.25, 0.3) is 10.9 Å². The second-order valence-corrected chi connectivity index (χ2v) is 7.93. The number of rotatable bonds is 3. The van der Waals surface area contributed by atoms with Crippen LogP contribution < -0.4 is 0 Å². The molecule has 4 rings (SSSR count). The predicted octanol–water partition coefficient (Wildman–Crippen LogP) is 3.35. The topological polar surface area (TPSA) is 56.4 Å². The second-order valence-electron chi connectivity index (χ2n) is 7.93. The van der Waals surface area contributed by atoms with Crippen LogP contribution in [0.5, 0.6) is 0 Å². The number of aromatic amines is 1. The van der Waals surface area contributed by atoms with E-state index in [0.29, 0.717) is 25.4 Å². The van der Waals surface area contributed by atoms with Crippen molar-refractivity contribution in [2.45, 2.75) is 44.9 Å². The molecule has 0 unspecified atom stereocenters. The van der Waals surface area contributed by atoms with Crippen LogP contribution in [0.4, 0.5) is 0 Å². The van der Waals surface area contributed by atoms with Gasteiger partial charge >= 0.3 is 0 Å². The molecule has 5 nitrogen and oxygen atoms in total. The summed E-state index contributed by atoms with van der Waals surface area (Å²) >= 11 is 0. The van der Waals surface area contributed by atoms with Gasteiger partial charge in [-0.15, -0.1) is 0 Å². The Bertz CT molecular complexity index is 797. The molecular weight excluding hydrogens is 338 g/mol. The highest BCUT2D eigenvalue weighted by Gasteiger charge is 2.30. The van der Waals surface area contributed by atoms with Crippen LogP contribution in [0, 0.1) is 5.92 Å². The number of fused-ring (bicyclic) bond motifs is 1. The number of amides is 2. The Morgan fingerprint density at radius 1 is 0.926 bits per heavy atom. The van der Waals surface area contributed by atoms with Gasteiger partial charge in [0.1, 0.15) is 0 Å². The Morgan fingerprint density at radius 2 is 1.63 bits per heavy atom. The van der Waals surface area contributed by atoms with Gasteiger partial charge in [0, 0.05) is 49.2 Å². The molecule has 2 saturated heterocycles. The summed E-state index contributed by atoms with van der Waals surface area (Å²) in [6, 6.07) is 8.09. The number of hydrogen-bond acceptors (Lipinski definition) is 2. The molecule has 1 N–H and O–H groups in total. The molecule has 2 aliphatic rings. The Labute approximate surface area is 160 Å². The van der Waals surface area contributed by atoms with Crippen molar-refractivity contribution in [1.29, 1.82) is 0 Å². The first-order chi connectivity index (χ1) is 13.2. The monoisotopic (exact) mass is 367 g/mol. The van der Waals surface area contributed by atoms with Crippen molar-refractivity contribution in [3.63, 3.8) is 0 Å². The maximum atomic E-state index is 12.8. The lowest BCUT2D eigenvalue weighted by molar-refractivity contribution is -0.140. The maximum Gasteiger partial charge on any atom is 0.227 e. The molecule has 2 aromatic rings. The van der Waals surface area contributed by atoms with E-state index in [0.717, 1.165) is 55.2 Å². The van der Waals surface area contributed by atoms with Gasteiger partial charge in [-0.05, 0) is 37.3 Å². The van der Waals surface area contributed by atoms with Crippen LogP contribution >= 0.6 is 0 Å². The number of nitrogens with one attached hydrogen (secondary N) is 1. The van der Waals surface area contributed by atoms with E-state index in [1.54, 1.807) is 0 Å². The van der Waals surface area contributed by atoms with Crippen LogP contribution in [0.15, 0.2) is 30.5 Å². The highest BCUT2D eigenvalue weighted by atomic mass is 16.2. The van der Waals surface area contributed by atoms with Crippen molar-refractivity contribution in [2.24, 2.45) is 5.92 Å². The Kier molecular flexibility index (Phi) is 5.46. The fraction of sp³-hybridized carbons (Fsp3) is 0.545. The van der Waals surface area contributed by atoms with Crippen molar-refractivity contribution in [3.05, 3.63) is 36.0 Å². The second kappa shape index (κ2) is 8.15. The number of H-pyrrole nitrogens is 1. The number of aromatic nitrogens is 1. The molecule has 2 fully saturated rings. The molecule has 0 saturated carbocycles. The van der Waals surface area contributed by atoms with E-state index in [1.165, 1.54) is 12.8 Å². The van der Waals surface area contributed by atoms with Gasteiger partial charge in [-0.1, -0.05) is 31.0 Å². The molecule has 2 aliphatic heterocycles. The number of likely N-dealkylation sites (tertiary alicyclic amines) is 2. The molecule has 3 heterocycles. The van der Waals surface area contributed by atoms with Crippen LogP contribution in [0.1, 0.15) is 44.1 Å². The molecule has 0 spiro atoms. The summed E-state index contributed by atoms with van der Waals surface area (Å²) in [6.45, 7) is 3.23. The van der Waals surface area contributed by atoms with Crippen LogP contribution in [0.2, 0.25) is 0 Å². The number of para-hydroxylation sites is 1. The Hall–Kier alpha value is -2.30. The molecule has 144 valence electrons. The number of benzene rings is 1. The molecule has 0 bridgehead atoms. The van der Waals surface area contributed by atoms with E-state index in [1.807, 2.05) is 29.3 Å². The average Bonchev–Trinajstić information content (AvgIpc) is 2.92. The first-order valence-corrected chi connectivity index (χ1v) is 10.3. The molecule has 0 aliphatic carbocycles. The third-order valence-electron chi connectivity index (χ3n) is 6.13. The minimum atomic E-state index is 0.0974. The summed E-state index contributed by atoms with van der Waals surface area (Å²) in [5, 5.41) is 1.12.